The van der Waals surface area contributed by atoms with Crippen molar-refractivity contribution < 1.29 is 14.1 Å². The molecule has 0 aliphatic rings. The van der Waals surface area contributed by atoms with E-state index in [1.807, 2.05) is 0 Å². The number of rotatable bonds is 9. The summed E-state index contributed by atoms with van der Waals surface area (Å²) in [5.74, 6) is -0.225. The smallest absolute Gasteiger partial charge is 0.0423 e. The van der Waals surface area contributed by atoms with Crippen molar-refractivity contribution in [1.29, 1.82) is 0 Å². The Morgan fingerprint density at radius 3 is 2.27 bits per heavy atom. The molecule has 0 aromatic rings. The van der Waals surface area contributed by atoms with Crippen molar-refractivity contribution in [2.75, 3.05) is 11.5 Å². The maximum Gasteiger partial charge on any atom is 0.0423 e. The summed E-state index contributed by atoms with van der Waals surface area (Å²) in [6.07, 6.45) is 5.58. The van der Waals surface area contributed by atoms with Gasteiger partial charge in [-0.2, -0.15) is 0 Å². The summed E-state index contributed by atoms with van der Waals surface area (Å²) in [6.45, 7) is 2.15. The van der Waals surface area contributed by atoms with E-state index in [0.717, 1.165) is 12.8 Å². The van der Waals surface area contributed by atoms with E-state index in [0.29, 0.717) is 5.75 Å². The van der Waals surface area contributed by atoms with Gasteiger partial charge in [-0.3, -0.25) is 4.21 Å². The zero-order chi connectivity index (χ0) is 10.8. The lowest BCUT2D eigenvalue weighted by Crippen LogP contribution is -2.24. The number of carbonyl (C=O) groups is 1. The van der Waals surface area contributed by atoms with Crippen molar-refractivity contribution >= 4 is 16.8 Å². The summed E-state index contributed by atoms with van der Waals surface area (Å²) in [5.41, 5.74) is 0. The third-order valence-corrected chi connectivity index (χ3v) is 3.41. The third-order valence-electron chi connectivity index (χ3n) is 2.01. The lowest BCUT2D eigenvalue weighted by molar-refractivity contribution is -0.305. The molecule has 0 fully saturated rings. The zero-order valence-electron chi connectivity index (χ0n) is 9.79. The second-order valence-electron chi connectivity index (χ2n) is 3.38. The SMILES string of the molecule is CCCCCCCS(=O)CCC(=O)[O-].[NH4+]. The molecule has 0 radical (unpaired) electrons. The van der Waals surface area contributed by atoms with E-state index >= 15 is 0 Å². The number of hydrogen-bond acceptors (Lipinski definition) is 3. The quantitative estimate of drug-likeness (QED) is 0.611. The highest BCUT2D eigenvalue weighted by atomic mass is 32.2. The fourth-order valence-corrected chi connectivity index (χ4v) is 2.29. The molecule has 0 aliphatic carbocycles. The molecule has 1 unspecified atom stereocenters. The van der Waals surface area contributed by atoms with Crippen LogP contribution in [-0.2, 0) is 15.6 Å². The maximum absolute atomic E-state index is 11.2. The van der Waals surface area contributed by atoms with Crippen molar-refractivity contribution in [2.45, 2.75) is 45.4 Å². The van der Waals surface area contributed by atoms with Gasteiger partial charge in [-0.05, 0) is 12.8 Å². The van der Waals surface area contributed by atoms with Gasteiger partial charge in [0.15, 0.2) is 0 Å². The standard InChI is InChI=1S/C10H20O3S.H3N/c1-2-3-4-5-6-8-14(13)9-7-10(11)12;/h2-9H2,1H3,(H,11,12);1H3. The first kappa shape index (κ1) is 17.0. The molecule has 0 saturated heterocycles. The fourth-order valence-electron chi connectivity index (χ4n) is 1.17. The van der Waals surface area contributed by atoms with E-state index in [4.69, 9.17) is 0 Å². The third kappa shape index (κ3) is 13.6. The van der Waals surface area contributed by atoms with Crippen LogP contribution in [0.3, 0.4) is 0 Å². The van der Waals surface area contributed by atoms with Crippen molar-refractivity contribution in [1.82, 2.24) is 6.15 Å². The van der Waals surface area contributed by atoms with Crippen LogP contribution in [0.4, 0.5) is 0 Å². The highest BCUT2D eigenvalue weighted by molar-refractivity contribution is 7.84. The van der Waals surface area contributed by atoms with Gasteiger partial charge in [-0.25, -0.2) is 0 Å². The van der Waals surface area contributed by atoms with Crippen molar-refractivity contribution in [2.24, 2.45) is 0 Å². The zero-order valence-corrected chi connectivity index (χ0v) is 10.6. The molecule has 0 amide bonds. The summed E-state index contributed by atoms with van der Waals surface area (Å²) < 4.78 is 11.2. The van der Waals surface area contributed by atoms with Gasteiger partial charge < -0.3 is 16.1 Å². The van der Waals surface area contributed by atoms with Gasteiger partial charge >= 0.3 is 0 Å². The predicted molar refractivity (Wildman–Crippen MR) is 62.2 cm³/mol. The van der Waals surface area contributed by atoms with E-state index in [2.05, 4.69) is 6.92 Å². The molecular formula is C10H23NO3S. The number of carboxylic acid groups (broad SMARTS) is 1. The van der Waals surface area contributed by atoms with E-state index in [9.17, 15) is 14.1 Å². The normalized spacial score (nSPS) is 11.8. The molecule has 4 N–H and O–H groups in total. The Labute approximate surface area is 94.5 Å². The van der Waals surface area contributed by atoms with Crippen LogP contribution in [0, 0.1) is 0 Å². The molecule has 1 atom stereocenters. The van der Waals surface area contributed by atoms with Crippen LogP contribution in [-0.4, -0.2) is 21.7 Å². The number of carboxylic acids is 1. The Bertz CT molecular complexity index is 186. The average Bonchev–Trinajstić information content (AvgIpc) is 2.14. The maximum atomic E-state index is 11.2. The van der Waals surface area contributed by atoms with E-state index in [1.165, 1.54) is 19.3 Å². The van der Waals surface area contributed by atoms with E-state index < -0.39 is 16.8 Å². The van der Waals surface area contributed by atoms with Gasteiger partial charge in [-0.1, -0.05) is 32.6 Å². The van der Waals surface area contributed by atoms with Gasteiger partial charge in [0.25, 0.3) is 0 Å². The highest BCUT2D eigenvalue weighted by Gasteiger charge is 1.99. The minimum absolute atomic E-state index is 0. The van der Waals surface area contributed by atoms with E-state index in [1.54, 1.807) is 0 Å². The second-order valence-corrected chi connectivity index (χ2v) is 5.08. The molecule has 0 saturated carbocycles. The summed E-state index contributed by atoms with van der Waals surface area (Å²) >= 11 is 0. The molecule has 0 heterocycles. The Hall–Kier alpha value is -0.420. The lowest BCUT2D eigenvalue weighted by atomic mass is 10.2. The molecule has 92 valence electrons. The topological polar surface area (TPSA) is 93.7 Å². The van der Waals surface area contributed by atoms with Crippen LogP contribution in [0.2, 0.25) is 0 Å². The van der Waals surface area contributed by atoms with Crippen LogP contribution in [0.5, 0.6) is 0 Å². The van der Waals surface area contributed by atoms with Crippen LogP contribution in [0.25, 0.3) is 0 Å². The number of unbranched alkanes of at least 4 members (excludes halogenated alkanes) is 4. The monoisotopic (exact) mass is 237 g/mol. The molecule has 0 bridgehead atoms. The van der Waals surface area contributed by atoms with Crippen molar-refractivity contribution in [3.05, 3.63) is 0 Å². The van der Waals surface area contributed by atoms with Gasteiger partial charge in [0.2, 0.25) is 0 Å². The van der Waals surface area contributed by atoms with Crippen molar-refractivity contribution in [3.63, 3.8) is 0 Å². The minimum Gasteiger partial charge on any atom is -0.550 e. The summed E-state index contributed by atoms with van der Waals surface area (Å²) in [7, 11) is -0.967. The number of aliphatic carboxylic acids is 1. The Kier molecular flexibility index (Phi) is 13.2. The average molecular weight is 237 g/mol. The summed E-state index contributed by atoms with van der Waals surface area (Å²) in [6, 6.07) is 0. The Balaban J connectivity index is 0. The lowest BCUT2D eigenvalue weighted by Gasteiger charge is -2.02. The molecule has 5 heteroatoms. The van der Waals surface area contributed by atoms with E-state index in [-0.39, 0.29) is 18.3 Å². The second kappa shape index (κ2) is 11.7. The van der Waals surface area contributed by atoms with Crippen molar-refractivity contribution in [3.8, 4) is 0 Å². The van der Waals surface area contributed by atoms with Crippen LogP contribution in [0.15, 0.2) is 0 Å². The Morgan fingerprint density at radius 1 is 1.13 bits per heavy atom. The first-order valence-corrected chi connectivity index (χ1v) is 6.70. The molecule has 0 rings (SSSR count). The molecule has 0 aromatic heterocycles. The molecule has 0 aromatic carbocycles. The fraction of sp³-hybridized carbons (Fsp3) is 0.900. The first-order chi connectivity index (χ1) is 6.66. The van der Waals surface area contributed by atoms with Gasteiger partial charge in [0.1, 0.15) is 0 Å². The Morgan fingerprint density at radius 2 is 1.73 bits per heavy atom. The number of quaternary nitrogens is 1. The molecular weight excluding hydrogens is 214 g/mol. The van der Waals surface area contributed by atoms with Crippen LogP contribution < -0.4 is 11.3 Å². The van der Waals surface area contributed by atoms with Crippen LogP contribution >= 0.6 is 0 Å². The molecule has 4 nitrogen and oxygen atoms in total. The van der Waals surface area contributed by atoms with Gasteiger partial charge in [-0.15, -0.1) is 0 Å². The van der Waals surface area contributed by atoms with Gasteiger partial charge in [0.05, 0.1) is 0 Å². The number of carbonyl (C=O) groups excluding carboxylic acids is 1. The number of hydrogen-bond donors (Lipinski definition) is 1. The first-order valence-electron chi connectivity index (χ1n) is 5.21. The van der Waals surface area contributed by atoms with Crippen LogP contribution in [0.1, 0.15) is 45.4 Å². The minimum atomic E-state index is -1.11. The largest absolute Gasteiger partial charge is 0.550 e. The molecule has 0 spiro atoms. The van der Waals surface area contributed by atoms with Gasteiger partial charge in [0, 0.05) is 28.3 Å². The molecule has 15 heavy (non-hydrogen) atoms. The summed E-state index contributed by atoms with van der Waals surface area (Å²) in [5, 5.41) is 10.1. The highest BCUT2D eigenvalue weighted by Crippen LogP contribution is 2.03. The summed E-state index contributed by atoms with van der Waals surface area (Å²) in [4.78, 5) is 10.1. The molecule has 0 aliphatic heterocycles. The predicted octanol–water partition coefficient (Wildman–Crippen LogP) is 1.22.